The molecule has 0 saturated heterocycles. The van der Waals surface area contributed by atoms with Crippen molar-refractivity contribution in [2.45, 2.75) is 27.7 Å². The van der Waals surface area contributed by atoms with Crippen LogP contribution in [0.25, 0.3) is 5.57 Å². The molecule has 0 unspecified atom stereocenters. The quantitative estimate of drug-likeness (QED) is 0.621. The van der Waals surface area contributed by atoms with E-state index in [1.54, 1.807) is 0 Å². The van der Waals surface area contributed by atoms with Crippen molar-refractivity contribution in [3.8, 4) is 0 Å². The number of allylic oxidation sites excluding steroid dienone is 4. The van der Waals surface area contributed by atoms with Gasteiger partial charge in [-0.3, -0.25) is 0 Å². The Morgan fingerprint density at radius 2 is 1.60 bits per heavy atom. The molecule has 0 nitrogen and oxygen atoms in total. The molecule has 1 aromatic carbocycles. The van der Waals surface area contributed by atoms with E-state index in [2.05, 4.69) is 64.1 Å². The van der Waals surface area contributed by atoms with E-state index in [0.29, 0.717) is 5.92 Å². The van der Waals surface area contributed by atoms with Crippen molar-refractivity contribution < 1.29 is 0 Å². The van der Waals surface area contributed by atoms with Gasteiger partial charge in [0.15, 0.2) is 0 Å². The Balaban J connectivity index is 2.82. The van der Waals surface area contributed by atoms with Crippen molar-refractivity contribution in [2.24, 2.45) is 5.92 Å². The minimum absolute atomic E-state index is 0.629. The minimum atomic E-state index is 0.629. The molecule has 0 spiro atoms. The Bertz CT molecular complexity index is 353. The first-order valence-corrected chi connectivity index (χ1v) is 5.51. The molecule has 0 N–H and O–H groups in total. The van der Waals surface area contributed by atoms with Crippen molar-refractivity contribution in [1.82, 2.24) is 0 Å². The van der Waals surface area contributed by atoms with Crippen molar-refractivity contribution >= 4 is 5.57 Å². The van der Waals surface area contributed by atoms with Gasteiger partial charge in [-0.05, 0) is 30.9 Å². The highest BCUT2D eigenvalue weighted by atomic mass is 14.0. The number of rotatable bonds is 3. The van der Waals surface area contributed by atoms with Gasteiger partial charge in [0.1, 0.15) is 0 Å². The lowest BCUT2D eigenvalue weighted by molar-refractivity contribution is 0.769. The molecule has 0 heteroatoms. The Morgan fingerprint density at radius 1 is 1.00 bits per heavy atom. The lowest BCUT2D eigenvalue weighted by Crippen LogP contribution is -1.87. The summed E-state index contributed by atoms with van der Waals surface area (Å²) in [6.45, 7) is 8.77. The van der Waals surface area contributed by atoms with E-state index in [0.717, 1.165) is 0 Å². The van der Waals surface area contributed by atoms with E-state index in [9.17, 15) is 0 Å². The monoisotopic (exact) mass is 200 g/mol. The predicted octanol–water partition coefficient (Wildman–Crippen LogP) is 4.69. The molecule has 0 fully saturated rings. The number of hydrogen-bond acceptors (Lipinski definition) is 0. The fourth-order valence-electron chi connectivity index (χ4n) is 1.25. The molecule has 1 rings (SSSR count). The Hall–Kier alpha value is -1.30. The molecule has 0 heterocycles. The summed E-state index contributed by atoms with van der Waals surface area (Å²) in [6.07, 6.45) is 4.41. The third kappa shape index (κ3) is 3.75. The highest BCUT2D eigenvalue weighted by Crippen LogP contribution is 2.15. The maximum absolute atomic E-state index is 2.22. The van der Waals surface area contributed by atoms with Crippen LogP contribution in [0.4, 0.5) is 0 Å². The van der Waals surface area contributed by atoms with Gasteiger partial charge in [-0.1, -0.05) is 61.9 Å². The molecule has 0 aliphatic carbocycles. The molecular weight excluding hydrogens is 180 g/mol. The summed E-state index contributed by atoms with van der Waals surface area (Å²) >= 11 is 0. The van der Waals surface area contributed by atoms with Crippen LogP contribution >= 0.6 is 0 Å². The lowest BCUT2D eigenvalue weighted by atomic mass is 10.0. The number of hydrogen-bond donors (Lipinski definition) is 0. The second-order valence-electron chi connectivity index (χ2n) is 4.28. The van der Waals surface area contributed by atoms with Crippen molar-refractivity contribution in [1.29, 1.82) is 0 Å². The molecule has 80 valence electrons. The van der Waals surface area contributed by atoms with Gasteiger partial charge in [0, 0.05) is 0 Å². The standard InChI is InChI=1S/C15H20/c1-12(2)13(3)10-11-14(4)15-8-6-5-7-9-15/h5-12H,1-4H3/b13-10+,14-11+. The topological polar surface area (TPSA) is 0 Å². The Labute approximate surface area is 93.3 Å². The minimum Gasteiger partial charge on any atom is -0.0708 e. The summed E-state index contributed by atoms with van der Waals surface area (Å²) in [5, 5.41) is 0. The fourth-order valence-corrected chi connectivity index (χ4v) is 1.25. The van der Waals surface area contributed by atoms with Crippen LogP contribution in [0.5, 0.6) is 0 Å². The first-order valence-electron chi connectivity index (χ1n) is 5.51. The van der Waals surface area contributed by atoms with Gasteiger partial charge in [-0.15, -0.1) is 0 Å². The Morgan fingerprint density at radius 3 is 2.13 bits per heavy atom. The van der Waals surface area contributed by atoms with Crippen LogP contribution in [0.15, 0.2) is 48.1 Å². The highest BCUT2D eigenvalue weighted by Gasteiger charge is 1.95. The van der Waals surface area contributed by atoms with Gasteiger partial charge in [0.2, 0.25) is 0 Å². The molecule has 0 aromatic heterocycles. The van der Waals surface area contributed by atoms with Gasteiger partial charge in [0.25, 0.3) is 0 Å². The maximum atomic E-state index is 2.22. The zero-order chi connectivity index (χ0) is 11.3. The smallest absolute Gasteiger partial charge is 0.0227 e. The zero-order valence-electron chi connectivity index (χ0n) is 10.1. The second kappa shape index (κ2) is 5.55. The summed E-state index contributed by atoms with van der Waals surface area (Å²) in [5.41, 5.74) is 4.03. The fraction of sp³-hybridized carbons (Fsp3) is 0.333. The average molecular weight is 200 g/mol. The zero-order valence-corrected chi connectivity index (χ0v) is 10.1. The summed E-state index contributed by atoms with van der Waals surface area (Å²) in [5.74, 6) is 0.629. The second-order valence-corrected chi connectivity index (χ2v) is 4.28. The third-order valence-electron chi connectivity index (χ3n) is 2.74. The van der Waals surface area contributed by atoms with Crippen LogP contribution in [0.1, 0.15) is 33.3 Å². The van der Waals surface area contributed by atoms with Crippen LogP contribution in [0.3, 0.4) is 0 Å². The van der Waals surface area contributed by atoms with E-state index in [4.69, 9.17) is 0 Å². The van der Waals surface area contributed by atoms with Crippen LogP contribution in [-0.2, 0) is 0 Å². The third-order valence-corrected chi connectivity index (χ3v) is 2.74. The predicted molar refractivity (Wildman–Crippen MR) is 68.7 cm³/mol. The normalized spacial score (nSPS) is 13.4. The molecule has 0 atom stereocenters. The average Bonchev–Trinajstić information content (AvgIpc) is 2.26. The van der Waals surface area contributed by atoms with E-state index in [1.165, 1.54) is 16.7 Å². The SMILES string of the molecule is C/C(=C\C=C(/C)C(C)C)c1ccccc1. The Kier molecular flexibility index (Phi) is 4.36. The van der Waals surface area contributed by atoms with E-state index in [1.807, 2.05) is 6.07 Å². The molecule has 15 heavy (non-hydrogen) atoms. The molecular formula is C15H20. The van der Waals surface area contributed by atoms with Gasteiger partial charge in [-0.25, -0.2) is 0 Å². The van der Waals surface area contributed by atoms with Gasteiger partial charge < -0.3 is 0 Å². The van der Waals surface area contributed by atoms with Crippen molar-refractivity contribution in [3.63, 3.8) is 0 Å². The summed E-state index contributed by atoms with van der Waals surface area (Å²) in [4.78, 5) is 0. The molecule has 0 saturated carbocycles. The first-order chi connectivity index (χ1) is 7.11. The van der Waals surface area contributed by atoms with Crippen molar-refractivity contribution in [2.75, 3.05) is 0 Å². The summed E-state index contributed by atoms with van der Waals surface area (Å²) in [7, 11) is 0. The number of benzene rings is 1. The van der Waals surface area contributed by atoms with Gasteiger partial charge in [-0.2, -0.15) is 0 Å². The molecule has 0 bridgehead atoms. The largest absolute Gasteiger partial charge is 0.0708 e. The van der Waals surface area contributed by atoms with Crippen LogP contribution in [0, 0.1) is 5.92 Å². The van der Waals surface area contributed by atoms with Crippen LogP contribution in [-0.4, -0.2) is 0 Å². The molecule has 0 aliphatic rings. The van der Waals surface area contributed by atoms with Crippen LogP contribution in [0.2, 0.25) is 0 Å². The van der Waals surface area contributed by atoms with Crippen LogP contribution < -0.4 is 0 Å². The molecule has 1 aromatic rings. The van der Waals surface area contributed by atoms with Crippen molar-refractivity contribution in [3.05, 3.63) is 53.6 Å². The van der Waals surface area contributed by atoms with E-state index >= 15 is 0 Å². The molecule has 0 radical (unpaired) electrons. The summed E-state index contributed by atoms with van der Waals surface area (Å²) < 4.78 is 0. The van der Waals surface area contributed by atoms with E-state index in [-0.39, 0.29) is 0 Å². The molecule has 0 aliphatic heterocycles. The van der Waals surface area contributed by atoms with E-state index < -0.39 is 0 Å². The first kappa shape index (κ1) is 11.8. The summed E-state index contributed by atoms with van der Waals surface area (Å²) in [6, 6.07) is 10.5. The molecule has 0 amide bonds. The van der Waals surface area contributed by atoms with Gasteiger partial charge >= 0.3 is 0 Å². The maximum Gasteiger partial charge on any atom is -0.0227 e. The van der Waals surface area contributed by atoms with Gasteiger partial charge in [0.05, 0.1) is 0 Å². The lowest BCUT2D eigenvalue weighted by Gasteiger charge is -2.03. The highest BCUT2D eigenvalue weighted by molar-refractivity contribution is 5.65.